The third-order valence-electron chi connectivity index (χ3n) is 3.74. The molecule has 0 atom stereocenters. The molecule has 3 aromatic rings. The fourth-order valence-corrected chi connectivity index (χ4v) is 2.43. The largest absolute Gasteiger partial charge is 0.270 e. The highest BCUT2D eigenvalue weighted by Crippen LogP contribution is 2.16. The van der Waals surface area contributed by atoms with Gasteiger partial charge in [-0.15, -0.1) is 5.11 Å². The fourth-order valence-electron chi connectivity index (χ4n) is 2.43. The van der Waals surface area contributed by atoms with Crippen molar-refractivity contribution in [1.29, 1.82) is 0 Å². The van der Waals surface area contributed by atoms with Crippen molar-refractivity contribution in [2.24, 2.45) is 10.3 Å². The molecule has 0 spiro atoms. The molecule has 3 rings (SSSR count). The third-order valence-corrected chi connectivity index (χ3v) is 3.74. The summed E-state index contributed by atoms with van der Waals surface area (Å²) in [6.07, 6.45) is 0. The van der Waals surface area contributed by atoms with E-state index in [-0.39, 0.29) is 0 Å². The molecule has 0 radical (unpaired) electrons. The van der Waals surface area contributed by atoms with Crippen LogP contribution in [0.25, 0.3) is 0 Å². The lowest BCUT2D eigenvalue weighted by Gasteiger charge is -2.18. The topological polar surface area (TPSA) is 28.0 Å². The number of aryl methyl sites for hydroxylation is 1. The molecule has 0 heterocycles. The number of rotatable bonds is 6. The zero-order valence-electron chi connectivity index (χ0n) is 13.8. The Kier molecular flexibility index (Phi) is 5.36. The second kappa shape index (κ2) is 8.06. The van der Waals surface area contributed by atoms with E-state index >= 15 is 0 Å². The minimum atomic E-state index is 0.727. The van der Waals surface area contributed by atoms with Gasteiger partial charge in [0.25, 0.3) is 0 Å². The highest BCUT2D eigenvalue weighted by atomic mass is 15.5. The second-order valence-corrected chi connectivity index (χ2v) is 5.82. The molecule has 0 saturated heterocycles. The minimum absolute atomic E-state index is 0.727. The molecule has 3 heteroatoms. The van der Waals surface area contributed by atoms with Crippen molar-refractivity contribution in [2.45, 2.75) is 20.0 Å². The van der Waals surface area contributed by atoms with Crippen molar-refractivity contribution in [3.05, 3.63) is 102 Å². The fraction of sp³-hybridized carbons (Fsp3) is 0.143. The quantitative estimate of drug-likeness (QED) is 0.424. The van der Waals surface area contributed by atoms with Gasteiger partial charge in [0.15, 0.2) is 0 Å². The lowest BCUT2D eigenvalue weighted by atomic mass is 10.2. The summed E-state index contributed by atoms with van der Waals surface area (Å²) >= 11 is 0. The van der Waals surface area contributed by atoms with Crippen LogP contribution in [0.5, 0.6) is 0 Å². The zero-order chi connectivity index (χ0) is 16.6. The first-order valence-electron chi connectivity index (χ1n) is 8.11. The first kappa shape index (κ1) is 15.9. The maximum atomic E-state index is 4.47. The standard InChI is InChI=1S/C21H21N3/c1-18-12-14-21(15-13-18)22-23-24(16-19-8-4-2-5-9-19)17-20-10-6-3-7-11-20/h2-15H,16-17H2,1H3. The van der Waals surface area contributed by atoms with Gasteiger partial charge >= 0.3 is 0 Å². The van der Waals surface area contributed by atoms with E-state index in [1.165, 1.54) is 16.7 Å². The van der Waals surface area contributed by atoms with E-state index in [0.717, 1.165) is 18.8 Å². The summed E-state index contributed by atoms with van der Waals surface area (Å²) in [5.41, 5.74) is 4.53. The Labute approximate surface area is 143 Å². The van der Waals surface area contributed by atoms with Gasteiger partial charge in [0.05, 0.1) is 18.8 Å². The second-order valence-electron chi connectivity index (χ2n) is 5.82. The number of hydrogen-bond acceptors (Lipinski definition) is 2. The number of benzene rings is 3. The van der Waals surface area contributed by atoms with Crippen molar-refractivity contribution in [2.75, 3.05) is 0 Å². The van der Waals surface area contributed by atoms with Crippen molar-refractivity contribution in [3.63, 3.8) is 0 Å². The van der Waals surface area contributed by atoms with Gasteiger partial charge in [-0.05, 0) is 30.2 Å². The van der Waals surface area contributed by atoms with Gasteiger partial charge in [0, 0.05) is 0 Å². The van der Waals surface area contributed by atoms with E-state index in [1.807, 2.05) is 65.7 Å². The van der Waals surface area contributed by atoms with Crippen LogP contribution in [0.2, 0.25) is 0 Å². The van der Waals surface area contributed by atoms with Crippen LogP contribution < -0.4 is 0 Å². The van der Waals surface area contributed by atoms with Gasteiger partial charge in [-0.25, -0.2) is 0 Å². The summed E-state index contributed by atoms with van der Waals surface area (Å²) in [7, 11) is 0. The van der Waals surface area contributed by atoms with E-state index in [9.17, 15) is 0 Å². The van der Waals surface area contributed by atoms with E-state index in [1.54, 1.807) is 0 Å². The summed E-state index contributed by atoms with van der Waals surface area (Å²) in [4.78, 5) is 0. The van der Waals surface area contributed by atoms with Crippen LogP contribution in [0.1, 0.15) is 16.7 Å². The number of hydrogen-bond donors (Lipinski definition) is 0. The molecule has 0 bridgehead atoms. The van der Waals surface area contributed by atoms with Crippen LogP contribution in [-0.2, 0) is 13.1 Å². The molecule has 0 aromatic heterocycles. The molecular weight excluding hydrogens is 294 g/mol. The predicted octanol–water partition coefficient (Wildman–Crippen LogP) is 5.70. The van der Waals surface area contributed by atoms with Crippen molar-refractivity contribution in [1.82, 2.24) is 5.01 Å². The maximum Gasteiger partial charge on any atom is 0.0874 e. The smallest absolute Gasteiger partial charge is 0.0874 e. The molecule has 3 nitrogen and oxygen atoms in total. The lowest BCUT2D eigenvalue weighted by Crippen LogP contribution is -2.15. The highest BCUT2D eigenvalue weighted by molar-refractivity contribution is 5.37. The van der Waals surface area contributed by atoms with Crippen LogP contribution >= 0.6 is 0 Å². The maximum absolute atomic E-state index is 4.47. The molecule has 0 unspecified atom stereocenters. The molecule has 0 amide bonds. The molecule has 0 aliphatic rings. The Morgan fingerprint density at radius 3 is 1.67 bits per heavy atom. The van der Waals surface area contributed by atoms with Gasteiger partial charge in [0.2, 0.25) is 0 Å². The van der Waals surface area contributed by atoms with Crippen LogP contribution in [0, 0.1) is 6.92 Å². The van der Waals surface area contributed by atoms with E-state index < -0.39 is 0 Å². The third kappa shape index (κ3) is 4.78. The summed E-state index contributed by atoms with van der Waals surface area (Å²) in [6, 6.07) is 28.8. The minimum Gasteiger partial charge on any atom is -0.270 e. The molecule has 0 N–H and O–H groups in total. The summed E-state index contributed by atoms with van der Waals surface area (Å²) in [5.74, 6) is 0. The van der Waals surface area contributed by atoms with Crippen LogP contribution in [0.4, 0.5) is 5.69 Å². The Hall–Kier alpha value is -2.94. The van der Waals surface area contributed by atoms with Crippen LogP contribution in [-0.4, -0.2) is 5.01 Å². The highest BCUT2D eigenvalue weighted by Gasteiger charge is 2.05. The Balaban J connectivity index is 1.77. The molecule has 0 fully saturated rings. The van der Waals surface area contributed by atoms with Gasteiger partial charge in [-0.3, -0.25) is 5.01 Å². The zero-order valence-corrected chi connectivity index (χ0v) is 13.8. The average Bonchev–Trinajstić information content (AvgIpc) is 2.63. The molecular formula is C21H21N3. The van der Waals surface area contributed by atoms with E-state index in [4.69, 9.17) is 0 Å². The Morgan fingerprint density at radius 2 is 1.17 bits per heavy atom. The van der Waals surface area contributed by atoms with Crippen LogP contribution in [0.3, 0.4) is 0 Å². The lowest BCUT2D eigenvalue weighted by molar-refractivity contribution is 0.252. The van der Waals surface area contributed by atoms with E-state index in [2.05, 4.69) is 41.5 Å². The average molecular weight is 315 g/mol. The summed E-state index contributed by atoms with van der Waals surface area (Å²) in [6.45, 7) is 3.52. The molecule has 0 saturated carbocycles. The first-order chi connectivity index (χ1) is 11.8. The van der Waals surface area contributed by atoms with Crippen molar-refractivity contribution < 1.29 is 0 Å². The van der Waals surface area contributed by atoms with Crippen molar-refractivity contribution >= 4 is 5.69 Å². The summed E-state index contributed by atoms with van der Waals surface area (Å²) in [5, 5.41) is 10.9. The predicted molar refractivity (Wildman–Crippen MR) is 97.8 cm³/mol. The normalized spacial score (nSPS) is 10.9. The molecule has 0 aliphatic heterocycles. The first-order valence-corrected chi connectivity index (χ1v) is 8.11. The Morgan fingerprint density at radius 1 is 0.667 bits per heavy atom. The molecule has 120 valence electrons. The summed E-state index contributed by atoms with van der Waals surface area (Å²) < 4.78 is 0. The molecule has 0 aliphatic carbocycles. The van der Waals surface area contributed by atoms with Gasteiger partial charge in [-0.1, -0.05) is 83.6 Å². The molecule has 3 aromatic carbocycles. The SMILES string of the molecule is Cc1ccc(N=NN(Cc2ccccc2)Cc2ccccc2)cc1. The van der Waals surface area contributed by atoms with E-state index in [0.29, 0.717) is 0 Å². The number of nitrogens with zero attached hydrogens (tertiary/aromatic N) is 3. The molecule has 24 heavy (non-hydrogen) atoms. The van der Waals surface area contributed by atoms with Gasteiger partial charge in [0.1, 0.15) is 0 Å². The Bertz CT molecular complexity index is 724. The van der Waals surface area contributed by atoms with Gasteiger partial charge in [-0.2, -0.15) is 0 Å². The van der Waals surface area contributed by atoms with Crippen LogP contribution in [0.15, 0.2) is 95.3 Å². The van der Waals surface area contributed by atoms with Crippen molar-refractivity contribution in [3.8, 4) is 0 Å². The van der Waals surface area contributed by atoms with Gasteiger partial charge < -0.3 is 0 Å². The monoisotopic (exact) mass is 315 g/mol.